The third kappa shape index (κ3) is 4.68. The normalized spacial score (nSPS) is 10.3. The number of pyridine rings is 1. The number of halogens is 2. The molecule has 3 rings (SSSR count). The van der Waals surface area contributed by atoms with Gasteiger partial charge in [0, 0.05) is 23.1 Å². The molecule has 27 heavy (non-hydrogen) atoms. The molecular weight excluding hydrogens is 369 g/mol. The van der Waals surface area contributed by atoms with Gasteiger partial charge in [0.25, 0.3) is 5.91 Å². The van der Waals surface area contributed by atoms with Crippen LogP contribution in [0.2, 0.25) is 5.02 Å². The first-order chi connectivity index (χ1) is 12.9. The molecule has 3 aromatic rings. The summed E-state index contributed by atoms with van der Waals surface area (Å²) in [5.74, 6) is -0.971. The van der Waals surface area contributed by atoms with Gasteiger partial charge in [0.2, 0.25) is 0 Å². The highest BCUT2D eigenvalue weighted by atomic mass is 35.5. The highest BCUT2D eigenvalue weighted by Gasteiger charge is 2.09. The van der Waals surface area contributed by atoms with Crippen molar-refractivity contribution in [1.29, 1.82) is 0 Å². The molecule has 0 spiro atoms. The van der Waals surface area contributed by atoms with Gasteiger partial charge in [-0.2, -0.15) is 0 Å². The number of aromatic nitrogens is 1. The number of Topliss-reactive ketones (excluding diaryl/α,β-unsaturated/α-hetero) is 1. The average molecular weight is 384 g/mol. The van der Waals surface area contributed by atoms with E-state index in [2.05, 4.69) is 15.6 Å². The average Bonchev–Trinajstić information content (AvgIpc) is 2.65. The Hall–Kier alpha value is -3.25. The molecule has 2 N–H and O–H groups in total. The molecule has 0 unspecified atom stereocenters. The minimum absolute atomic E-state index is 0.0113. The van der Waals surface area contributed by atoms with Gasteiger partial charge in [-0.1, -0.05) is 11.6 Å². The molecule has 0 saturated carbocycles. The van der Waals surface area contributed by atoms with E-state index < -0.39 is 11.7 Å². The number of anilines is 3. The Balaban J connectivity index is 1.73. The van der Waals surface area contributed by atoms with Gasteiger partial charge in [0.1, 0.15) is 5.82 Å². The van der Waals surface area contributed by atoms with Crippen molar-refractivity contribution in [3.8, 4) is 0 Å². The SMILES string of the molecule is CC(=O)c1ccc(Nc2cncc(C(=O)Nc3ccc(F)c(Cl)c3)c2)cc1. The van der Waals surface area contributed by atoms with Crippen molar-refractivity contribution in [1.82, 2.24) is 4.98 Å². The quantitative estimate of drug-likeness (QED) is 0.603. The maximum atomic E-state index is 13.2. The van der Waals surface area contributed by atoms with E-state index in [9.17, 15) is 14.0 Å². The van der Waals surface area contributed by atoms with Gasteiger partial charge >= 0.3 is 0 Å². The van der Waals surface area contributed by atoms with Crippen LogP contribution in [0, 0.1) is 5.82 Å². The number of nitrogens with zero attached hydrogens (tertiary/aromatic N) is 1. The minimum Gasteiger partial charge on any atom is -0.354 e. The molecule has 0 aliphatic heterocycles. The lowest BCUT2D eigenvalue weighted by atomic mass is 10.1. The molecule has 1 aromatic heterocycles. The van der Waals surface area contributed by atoms with Crippen LogP contribution >= 0.6 is 11.6 Å². The highest BCUT2D eigenvalue weighted by Crippen LogP contribution is 2.21. The van der Waals surface area contributed by atoms with Crippen LogP contribution in [-0.4, -0.2) is 16.7 Å². The molecule has 1 amide bonds. The molecule has 0 aliphatic rings. The first-order valence-corrected chi connectivity index (χ1v) is 8.39. The van der Waals surface area contributed by atoms with Crippen molar-refractivity contribution in [3.05, 3.63) is 82.9 Å². The Morgan fingerprint density at radius 2 is 1.63 bits per heavy atom. The molecule has 1 heterocycles. The second-order valence-electron chi connectivity index (χ2n) is 5.80. The molecule has 2 aromatic carbocycles. The number of hydrogen-bond acceptors (Lipinski definition) is 4. The zero-order valence-corrected chi connectivity index (χ0v) is 15.0. The standard InChI is InChI=1S/C20H15ClFN3O2/c1-12(26)13-2-4-15(5-3-13)24-17-8-14(10-23-11-17)20(27)25-16-6-7-19(22)18(21)9-16/h2-11,24H,1H3,(H,25,27). The number of amides is 1. The highest BCUT2D eigenvalue weighted by molar-refractivity contribution is 6.31. The minimum atomic E-state index is -0.557. The van der Waals surface area contributed by atoms with E-state index in [0.717, 1.165) is 5.69 Å². The summed E-state index contributed by atoms with van der Waals surface area (Å²) in [5.41, 5.74) is 2.68. The number of hydrogen-bond donors (Lipinski definition) is 2. The van der Waals surface area contributed by atoms with E-state index >= 15 is 0 Å². The van der Waals surface area contributed by atoms with Crippen molar-refractivity contribution in [2.45, 2.75) is 6.92 Å². The largest absolute Gasteiger partial charge is 0.354 e. The van der Waals surface area contributed by atoms with Crippen molar-refractivity contribution in [3.63, 3.8) is 0 Å². The molecule has 7 heteroatoms. The second-order valence-corrected chi connectivity index (χ2v) is 6.21. The van der Waals surface area contributed by atoms with Crippen molar-refractivity contribution >= 4 is 40.4 Å². The van der Waals surface area contributed by atoms with Gasteiger partial charge in [-0.3, -0.25) is 14.6 Å². The fourth-order valence-electron chi connectivity index (χ4n) is 2.36. The summed E-state index contributed by atoms with van der Waals surface area (Å²) in [6.45, 7) is 1.50. The molecule has 0 radical (unpaired) electrons. The summed E-state index contributed by atoms with van der Waals surface area (Å²) < 4.78 is 13.2. The molecule has 0 aliphatic carbocycles. The smallest absolute Gasteiger partial charge is 0.257 e. The number of ketones is 1. The monoisotopic (exact) mass is 383 g/mol. The zero-order valence-electron chi connectivity index (χ0n) is 14.3. The van der Waals surface area contributed by atoms with Gasteiger partial charge in [-0.25, -0.2) is 4.39 Å². The van der Waals surface area contributed by atoms with E-state index in [4.69, 9.17) is 11.6 Å². The van der Waals surface area contributed by atoms with Crippen LogP contribution in [0.25, 0.3) is 0 Å². The summed E-state index contributed by atoms with van der Waals surface area (Å²) in [6.07, 6.45) is 2.99. The van der Waals surface area contributed by atoms with Crippen molar-refractivity contribution < 1.29 is 14.0 Å². The summed E-state index contributed by atoms with van der Waals surface area (Å²) >= 11 is 5.72. The molecular formula is C20H15ClFN3O2. The Bertz CT molecular complexity index is 1010. The molecule has 0 saturated heterocycles. The third-order valence-electron chi connectivity index (χ3n) is 3.76. The van der Waals surface area contributed by atoms with Crippen LogP contribution in [0.15, 0.2) is 60.9 Å². The Kier molecular flexibility index (Phi) is 5.47. The van der Waals surface area contributed by atoms with Crippen LogP contribution in [0.3, 0.4) is 0 Å². The molecule has 0 bridgehead atoms. The fraction of sp³-hybridized carbons (Fsp3) is 0.0500. The summed E-state index contributed by atoms with van der Waals surface area (Å²) in [4.78, 5) is 27.8. The first kappa shape index (κ1) is 18.5. The van der Waals surface area contributed by atoms with Gasteiger partial charge in [-0.05, 0) is 55.5 Å². The summed E-state index contributed by atoms with van der Waals surface area (Å²) in [7, 11) is 0. The number of carbonyl (C=O) groups excluding carboxylic acids is 2. The number of rotatable bonds is 5. The Morgan fingerprint density at radius 3 is 2.30 bits per heavy atom. The van der Waals surface area contributed by atoms with Gasteiger partial charge in [0.15, 0.2) is 5.78 Å². The van der Waals surface area contributed by atoms with Crippen LogP contribution in [0.4, 0.5) is 21.5 Å². The number of nitrogens with one attached hydrogen (secondary N) is 2. The van der Waals surface area contributed by atoms with E-state index in [-0.39, 0.29) is 10.8 Å². The zero-order chi connectivity index (χ0) is 19.4. The van der Waals surface area contributed by atoms with E-state index in [0.29, 0.717) is 22.5 Å². The van der Waals surface area contributed by atoms with Crippen LogP contribution < -0.4 is 10.6 Å². The first-order valence-electron chi connectivity index (χ1n) is 8.02. The lowest BCUT2D eigenvalue weighted by Crippen LogP contribution is -2.12. The topological polar surface area (TPSA) is 71.1 Å². The third-order valence-corrected chi connectivity index (χ3v) is 4.05. The second kappa shape index (κ2) is 7.97. The van der Waals surface area contributed by atoms with Gasteiger partial charge in [0.05, 0.1) is 22.5 Å². The van der Waals surface area contributed by atoms with Crippen molar-refractivity contribution in [2.75, 3.05) is 10.6 Å². The maximum Gasteiger partial charge on any atom is 0.257 e. The van der Waals surface area contributed by atoms with Crippen LogP contribution in [-0.2, 0) is 0 Å². The summed E-state index contributed by atoms with van der Waals surface area (Å²) in [5, 5.41) is 5.69. The molecule has 0 fully saturated rings. The summed E-state index contributed by atoms with van der Waals surface area (Å²) in [6, 6.07) is 12.5. The lowest BCUT2D eigenvalue weighted by molar-refractivity contribution is 0.101. The van der Waals surface area contributed by atoms with Crippen LogP contribution in [0.1, 0.15) is 27.6 Å². The Labute approximate surface area is 160 Å². The van der Waals surface area contributed by atoms with Crippen molar-refractivity contribution in [2.24, 2.45) is 0 Å². The molecule has 5 nitrogen and oxygen atoms in total. The van der Waals surface area contributed by atoms with E-state index in [1.54, 1.807) is 36.5 Å². The van der Waals surface area contributed by atoms with E-state index in [1.807, 2.05) is 0 Å². The molecule has 0 atom stereocenters. The Morgan fingerprint density at radius 1 is 0.926 bits per heavy atom. The van der Waals surface area contributed by atoms with E-state index in [1.165, 1.54) is 31.3 Å². The van der Waals surface area contributed by atoms with Crippen LogP contribution in [0.5, 0.6) is 0 Å². The van der Waals surface area contributed by atoms with Gasteiger partial charge in [-0.15, -0.1) is 0 Å². The number of benzene rings is 2. The number of carbonyl (C=O) groups is 2. The maximum absolute atomic E-state index is 13.2. The lowest BCUT2D eigenvalue weighted by Gasteiger charge is -2.09. The predicted molar refractivity (Wildman–Crippen MR) is 103 cm³/mol. The fourth-order valence-corrected chi connectivity index (χ4v) is 2.55. The van der Waals surface area contributed by atoms with Gasteiger partial charge < -0.3 is 10.6 Å². The molecule has 136 valence electrons. The predicted octanol–water partition coefficient (Wildman–Crippen LogP) is 5.07.